The minimum absolute atomic E-state index is 0.0426. The molecule has 0 unspecified atom stereocenters. The summed E-state index contributed by atoms with van der Waals surface area (Å²) in [5, 5.41) is 5.68. The number of benzene rings is 1. The molecule has 1 aromatic rings. The first-order valence-electron chi connectivity index (χ1n) is 7.78. The number of carbonyl (C=O) groups is 2. The van der Waals surface area contributed by atoms with Crippen LogP contribution < -0.4 is 15.4 Å². The van der Waals surface area contributed by atoms with Gasteiger partial charge < -0.3 is 15.4 Å². The smallest absolute Gasteiger partial charge is 0.223 e. The first-order valence-corrected chi connectivity index (χ1v) is 7.78. The lowest BCUT2D eigenvalue weighted by atomic mass is 10.1. The van der Waals surface area contributed by atoms with E-state index in [2.05, 4.69) is 17.6 Å². The number of hydrogen-bond donors (Lipinski definition) is 2. The average Bonchev–Trinajstić information content (AvgIpc) is 3.24. The highest BCUT2D eigenvalue weighted by Crippen LogP contribution is 2.37. The van der Waals surface area contributed by atoms with Crippen molar-refractivity contribution in [3.63, 3.8) is 0 Å². The van der Waals surface area contributed by atoms with E-state index in [4.69, 9.17) is 4.74 Å². The molecule has 1 aliphatic rings. The molecule has 1 aromatic carbocycles. The van der Waals surface area contributed by atoms with Gasteiger partial charge in [-0.25, -0.2) is 0 Å². The summed E-state index contributed by atoms with van der Waals surface area (Å²) in [4.78, 5) is 23.3. The molecule has 0 aliphatic heterocycles. The maximum Gasteiger partial charge on any atom is 0.223 e. The van der Waals surface area contributed by atoms with Crippen LogP contribution >= 0.6 is 0 Å². The summed E-state index contributed by atoms with van der Waals surface area (Å²) in [6.07, 6.45) is 2.01. The quantitative estimate of drug-likeness (QED) is 0.765. The van der Waals surface area contributed by atoms with Crippen molar-refractivity contribution in [3.05, 3.63) is 29.8 Å². The Kier molecular flexibility index (Phi) is 5.81. The lowest BCUT2D eigenvalue weighted by Gasteiger charge is -2.09. The fourth-order valence-corrected chi connectivity index (χ4v) is 2.45. The van der Waals surface area contributed by atoms with Gasteiger partial charge in [0.25, 0.3) is 0 Å². The number of methoxy groups -OCH3 is 1. The summed E-state index contributed by atoms with van der Waals surface area (Å²) in [6, 6.07) is 7.77. The van der Waals surface area contributed by atoms with Gasteiger partial charge in [0.15, 0.2) is 0 Å². The van der Waals surface area contributed by atoms with E-state index in [0.717, 1.165) is 24.2 Å². The van der Waals surface area contributed by atoms with Crippen LogP contribution in [0.5, 0.6) is 5.75 Å². The third-order valence-electron chi connectivity index (χ3n) is 4.01. The van der Waals surface area contributed by atoms with Gasteiger partial charge in [-0.1, -0.05) is 25.1 Å². The Morgan fingerprint density at radius 1 is 1.23 bits per heavy atom. The molecule has 1 aliphatic carbocycles. The van der Waals surface area contributed by atoms with E-state index in [9.17, 15) is 9.59 Å². The molecule has 0 bridgehead atoms. The van der Waals surface area contributed by atoms with Crippen LogP contribution in [0, 0.1) is 11.8 Å². The van der Waals surface area contributed by atoms with Crippen molar-refractivity contribution in [2.75, 3.05) is 20.2 Å². The molecule has 1 fully saturated rings. The number of nitrogens with one attached hydrogen (secondary N) is 2. The van der Waals surface area contributed by atoms with E-state index in [1.165, 1.54) is 0 Å². The predicted octanol–water partition coefficient (Wildman–Crippen LogP) is 1.52. The van der Waals surface area contributed by atoms with Crippen molar-refractivity contribution in [1.29, 1.82) is 0 Å². The first kappa shape index (κ1) is 16.3. The molecule has 5 heteroatoms. The lowest BCUT2D eigenvalue weighted by molar-refractivity contribution is -0.123. The molecular formula is C17H24N2O3. The lowest BCUT2D eigenvalue weighted by Crippen LogP contribution is -2.32. The largest absolute Gasteiger partial charge is 0.496 e. The summed E-state index contributed by atoms with van der Waals surface area (Å²) in [6.45, 7) is 3.03. The number of carbonyl (C=O) groups excluding carboxylic acids is 2. The van der Waals surface area contributed by atoms with Gasteiger partial charge in [0.2, 0.25) is 11.8 Å². The van der Waals surface area contributed by atoms with Crippen LogP contribution in [0.25, 0.3) is 0 Å². The van der Waals surface area contributed by atoms with Crippen molar-refractivity contribution in [2.24, 2.45) is 11.8 Å². The fourth-order valence-electron chi connectivity index (χ4n) is 2.45. The summed E-state index contributed by atoms with van der Waals surface area (Å²) >= 11 is 0. The number of hydrogen-bond acceptors (Lipinski definition) is 3. The summed E-state index contributed by atoms with van der Waals surface area (Å²) in [7, 11) is 1.64. The van der Waals surface area contributed by atoms with E-state index in [1.54, 1.807) is 7.11 Å². The Balaban J connectivity index is 1.60. The van der Waals surface area contributed by atoms with E-state index < -0.39 is 0 Å². The predicted molar refractivity (Wildman–Crippen MR) is 84.6 cm³/mol. The van der Waals surface area contributed by atoms with Gasteiger partial charge in [-0.3, -0.25) is 9.59 Å². The van der Waals surface area contributed by atoms with Gasteiger partial charge in [-0.05, 0) is 30.4 Å². The average molecular weight is 304 g/mol. The van der Waals surface area contributed by atoms with Crippen LogP contribution in [-0.4, -0.2) is 32.0 Å². The van der Waals surface area contributed by atoms with E-state index in [-0.39, 0.29) is 17.7 Å². The van der Waals surface area contributed by atoms with Crippen molar-refractivity contribution >= 4 is 11.8 Å². The van der Waals surface area contributed by atoms with Gasteiger partial charge in [-0.2, -0.15) is 0 Å². The first-order chi connectivity index (χ1) is 10.6. The third kappa shape index (κ3) is 4.76. The van der Waals surface area contributed by atoms with Crippen LogP contribution in [0.4, 0.5) is 0 Å². The minimum Gasteiger partial charge on any atom is -0.496 e. The molecule has 0 aromatic heterocycles. The van der Waals surface area contributed by atoms with Crippen molar-refractivity contribution < 1.29 is 14.3 Å². The van der Waals surface area contributed by atoms with Gasteiger partial charge in [-0.15, -0.1) is 0 Å². The van der Waals surface area contributed by atoms with Crippen molar-refractivity contribution in [3.8, 4) is 5.75 Å². The molecule has 1 saturated carbocycles. The Morgan fingerprint density at radius 2 is 1.95 bits per heavy atom. The van der Waals surface area contributed by atoms with Gasteiger partial charge in [0.05, 0.1) is 7.11 Å². The van der Waals surface area contributed by atoms with E-state index in [1.807, 2.05) is 24.3 Å². The zero-order chi connectivity index (χ0) is 15.9. The van der Waals surface area contributed by atoms with Crippen LogP contribution in [0.15, 0.2) is 24.3 Å². The molecule has 5 nitrogen and oxygen atoms in total. The third-order valence-corrected chi connectivity index (χ3v) is 4.01. The zero-order valence-corrected chi connectivity index (χ0v) is 13.2. The fraction of sp³-hybridized carbons (Fsp3) is 0.529. The second-order valence-electron chi connectivity index (χ2n) is 5.77. The number of para-hydroxylation sites is 1. The Bertz CT molecular complexity index is 530. The normalized spacial score (nSPS) is 19.4. The molecular weight excluding hydrogens is 280 g/mol. The van der Waals surface area contributed by atoms with Crippen LogP contribution in [0.1, 0.15) is 25.3 Å². The molecule has 2 rings (SSSR count). The summed E-state index contributed by atoms with van der Waals surface area (Å²) < 4.78 is 5.27. The summed E-state index contributed by atoms with van der Waals surface area (Å²) in [5.41, 5.74) is 1.07. The summed E-state index contributed by atoms with van der Waals surface area (Å²) in [5.74, 6) is 1.53. The van der Waals surface area contributed by atoms with Crippen LogP contribution in [0.2, 0.25) is 0 Å². The molecule has 0 spiro atoms. The SMILES string of the molecule is COc1ccccc1CCNC(=O)CCNC(=O)[C@H]1C[C@H]1C. The number of amides is 2. The molecule has 2 amide bonds. The second kappa shape index (κ2) is 7.82. The molecule has 120 valence electrons. The van der Waals surface area contributed by atoms with Gasteiger partial charge in [0, 0.05) is 25.4 Å². The topological polar surface area (TPSA) is 67.4 Å². The van der Waals surface area contributed by atoms with Crippen LogP contribution in [0.3, 0.4) is 0 Å². The van der Waals surface area contributed by atoms with E-state index >= 15 is 0 Å². The second-order valence-corrected chi connectivity index (χ2v) is 5.77. The van der Waals surface area contributed by atoms with Gasteiger partial charge >= 0.3 is 0 Å². The minimum atomic E-state index is -0.0426. The number of ether oxygens (including phenoxy) is 1. The highest BCUT2D eigenvalue weighted by atomic mass is 16.5. The Morgan fingerprint density at radius 3 is 2.64 bits per heavy atom. The molecule has 0 saturated heterocycles. The molecule has 2 atom stereocenters. The monoisotopic (exact) mass is 304 g/mol. The van der Waals surface area contributed by atoms with Crippen molar-refractivity contribution in [1.82, 2.24) is 10.6 Å². The number of rotatable bonds is 8. The van der Waals surface area contributed by atoms with Crippen LogP contribution in [-0.2, 0) is 16.0 Å². The maximum atomic E-state index is 11.7. The van der Waals surface area contributed by atoms with E-state index in [0.29, 0.717) is 25.4 Å². The molecule has 0 radical (unpaired) electrons. The van der Waals surface area contributed by atoms with Gasteiger partial charge in [0.1, 0.15) is 5.75 Å². The highest BCUT2D eigenvalue weighted by Gasteiger charge is 2.38. The highest BCUT2D eigenvalue weighted by molar-refractivity contribution is 5.82. The maximum absolute atomic E-state index is 11.7. The molecule has 2 N–H and O–H groups in total. The molecule has 22 heavy (non-hydrogen) atoms. The zero-order valence-electron chi connectivity index (χ0n) is 13.2. The Labute approximate surface area is 131 Å². The molecule has 0 heterocycles. The standard InChI is InChI=1S/C17H24N2O3/c1-12-11-14(12)17(21)19-10-8-16(20)18-9-7-13-5-3-4-6-15(13)22-2/h3-6,12,14H,7-11H2,1-2H3,(H,18,20)(H,19,21)/t12-,14+/m1/s1. The van der Waals surface area contributed by atoms with Crippen molar-refractivity contribution in [2.45, 2.75) is 26.2 Å². The Hall–Kier alpha value is -2.04.